The van der Waals surface area contributed by atoms with Gasteiger partial charge in [0.05, 0.1) is 13.2 Å². The lowest BCUT2D eigenvalue weighted by Gasteiger charge is -2.22. The van der Waals surface area contributed by atoms with Crippen LogP contribution in [0.5, 0.6) is 17.4 Å². The fourth-order valence-electron chi connectivity index (χ4n) is 2.75. The summed E-state index contributed by atoms with van der Waals surface area (Å²) >= 11 is 0. The van der Waals surface area contributed by atoms with Gasteiger partial charge in [-0.3, -0.25) is 4.79 Å². The Labute approximate surface area is 147 Å². The predicted molar refractivity (Wildman–Crippen MR) is 94.8 cm³/mol. The largest absolute Gasteiger partial charge is 0.497 e. The van der Waals surface area contributed by atoms with Gasteiger partial charge in [-0.1, -0.05) is 18.6 Å². The molecular formula is C19H23N3O3. The third-order valence-electron chi connectivity index (χ3n) is 4.15. The molecule has 1 aliphatic heterocycles. The van der Waals surface area contributed by atoms with E-state index in [0.29, 0.717) is 18.2 Å². The topological polar surface area (TPSA) is 72.5 Å². The molecule has 2 N–H and O–H groups in total. The van der Waals surface area contributed by atoms with Crippen LogP contribution in [-0.4, -0.2) is 30.6 Å². The third-order valence-corrected chi connectivity index (χ3v) is 4.15. The van der Waals surface area contributed by atoms with Gasteiger partial charge in [-0.15, -0.1) is 0 Å². The van der Waals surface area contributed by atoms with E-state index in [4.69, 9.17) is 9.47 Å². The molecular weight excluding hydrogens is 318 g/mol. The van der Waals surface area contributed by atoms with Gasteiger partial charge in [0.1, 0.15) is 11.5 Å². The summed E-state index contributed by atoms with van der Waals surface area (Å²) in [5.74, 6) is 1.94. The van der Waals surface area contributed by atoms with Crippen LogP contribution in [0.25, 0.3) is 0 Å². The highest BCUT2D eigenvalue weighted by molar-refractivity contribution is 5.81. The van der Waals surface area contributed by atoms with Crippen molar-refractivity contribution in [1.29, 1.82) is 0 Å². The molecule has 1 saturated heterocycles. The molecule has 1 fully saturated rings. The summed E-state index contributed by atoms with van der Waals surface area (Å²) < 4.78 is 10.9. The molecule has 1 unspecified atom stereocenters. The number of methoxy groups -OCH3 is 1. The Balaban J connectivity index is 1.52. The van der Waals surface area contributed by atoms with Crippen molar-refractivity contribution in [3.8, 4) is 17.4 Å². The third kappa shape index (κ3) is 4.93. The van der Waals surface area contributed by atoms with E-state index in [-0.39, 0.29) is 11.9 Å². The van der Waals surface area contributed by atoms with E-state index in [1.165, 1.54) is 0 Å². The fraction of sp³-hybridized carbons (Fsp3) is 0.368. The maximum Gasteiger partial charge on any atom is 0.237 e. The molecule has 6 nitrogen and oxygen atoms in total. The van der Waals surface area contributed by atoms with Crippen molar-refractivity contribution in [2.45, 2.75) is 31.8 Å². The quantitative estimate of drug-likeness (QED) is 0.845. The van der Waals surface area contributed by atoms with Crippen molar-refractivity contribution >= 4 is 5.91 Å². The number of carbonyl (C=O) groups excluding carboxylic acids is 1. The molecule has 0 bridgehead atoms. The Morgan fingerprint density at radius 2 is 2.16 bits per heavy atom. The first-order chi connectivity index (χ1) is 12.2. The highest BCUT2D eigenvalue weighted by Crippen LogP contribution is 2.23. The normalized spacial score (nSPS) is 16.9. The maximum absolute atomic E-state index is 12.1. The summed E-state index contributed by atoms with van der Waals surface area (Å²) in [7, 11) is 1.61. The first kappa shape index (κ1) is 17.2. The lowest BCUT2D eigenvalue weighted by atomic mass is 10.0. The van der Waals surface area contributed by atoms with Crippen molar-refractivity contribution in [2.24, 2.45) is 0 Å². The van der Waals surface area contributed by atoms with Crippen LogP contribution >= 0.6 is 0 Å². The maximum atomic E-state index is 12.1. The van der Waals surface area contributed by atoms with Gasteiger partial charge in [-0.25, -0.2) is 4.98 Å². The van der Waals surface area contributed by atoms with E-state index in [9.17, 15) is 4.79 Å². The Morgan fingerprint density at radius 1 is 1.28 bits per heavy atom. The molecule has 2 heterocycles. The average Bonchev–Trinajstić information content (AvgIpc) is 2.68. The van der Waals surface area contributed by atoms with Crippen LogP contribution in [0.3, 0.4) is 0 Å². The van der Waals surface area contributed by atoms with Crippen LogP contribution in [0.15, 0.2) is 42.6 Å². The molecule has 25 heavy (non-hydrogen) atoms. The van der Waals surface area contributed by atoms with E-state index >= 15 is 0 Å². The Kier molecular flexibility index (Phi) is 5.85. The number of amides is 1. The zero-order valence-electron chi connectivity index (χ0n) is 14.3. The zero-order chi connectivity index (χ0) is 17.5. The van der Waals surface area contributed by atoms with Gasteiger partial charge < -0.3 is 20.1 Å². The number of nitrogens with zero attached hydrogens (tertiary/aromatic N) is 1. The van der Waals surface area contributed by atoms with Crippen LogP contribution in [0.2, 0.25) is 0 Å². The van der Waals surface area contributed by atoms with Gasteiger partial charge in [0.15, 0.2) is 0 Å². The molecule has 3 rings (SSSR count). The van der Waals surface area contributed by atoms with Crippen molar-refractivity contribution in [2.75, 3.05) is 13.7 Å². The van der Waals surface area contributed by atoms with Crippen LogP contribution < -0.4 is 20.1 Å². The van der Waals surface area contributed by atoms with Crippen LogP contribution in [0.1, 0.15) is 24.8 Å². The number of pyridine rings is 1. The fourth-order valence-corrected chi connectivity index (χ4v) is 2.75. The van der Waals surface area contributed by atoms with Gasteiger partial charge >= 0.3 is 0 Å². The van der Waals surface area contributed by atoms with Crippen LogP contribution in [-0.2, 0) is 11.3 Å². The molecule has 1 atom stereocenters. The summed E-state index contributed by atoms with van der Waals surface area (Å²) in [6.45, 7) is 1.37. The van der Waals surface area contributed by atoms with E-state index in [1.54, 1.807) is 25.4 Å². The number of carbonyl (C=O) groups is 1. The Bertz CT molecular complexity index is 697. The van der Waals surface area contributed by atoms with Gasteiger partial charge in [-0.2, -0.15) is 0 Å². The summed E-state index contributed by atoms with van der Waals surface area (Å²) in [5, 5.41) is 6.20. The number of nitrogens with one attached hydrogen (secondary N) is 2. The SMILES string of the molecule is COc1cccc(Oc2ccc(CNC(=O)C3CCCCN3)cn2)c1. The highest BCUT2D eigenvalue weighted by atomic mass is 16.5. The lowest BCUT2D eigenvalue weighted by Crippen LogP contribution is -2.46. The van der Waals surface area contributed by atoms with Gasteiger partial charge in [0.2, 0.25) is 11.8 Å². The van der Waals surface area contributed by atoms with Gasteiger partial charge in [0, 0.05) is 24.9 Å². The summed E-state index contributed by atoms with van der Waals surface area (Å²) in [6.07, 6.45) is 4.85. The first-order valence-corrected chi connectivity index (χ1v) is 8.52. The molecule has 0 spiro atoms. The number of benzene rings is 1. The van der Waals surface area contributed by atoms with Crippen molar-refractivity contribution in [1.82, 2.24) is 15.6 Å². The number of hydrogen-bond acceptors (Lipinski definition) is 5. The smallest absolute Gasteiger partial charge is 0.237 e. The summed E-state index contributed by atoms with van der Waals surface area (Å²) in [5.41, 5.74) is 0.933. The van der Waals surface area contributed by atoms with Crippen LogP contribution in [0.4, 0.5) is 0 Å². The van der Waals surface area contributed by atoms with Gasteiger partial charge in [0.25, 0.3) is 0 Å². The number of hydrogen-bond donors (Lipinski definition) is 2. The van der Waals surface area contributed by atoms with E-state index in [0.717, 1.165) is 37.1 Å². The molecule has 0 aliphatic carbocycles. The van der Waals surface area contributed by atoms with Gasteiger partial charge in [-0.05, 0) is 37.1 Å². The molecule has 2 aromatic rings. The summed E-state index contributed by atoms with van der Waals surface area (Å²) in [6, 6.07) is 11.0. The first-order valence-electron chi connectivity index (χ1n) is 8.52. The Morgan fingerprint density at radius 3 is 2.88 bits per heavy atom. The van der Waals surface area contributed by atoms with Crippen LogP contribution in [0, 0.1) is 0 Å². The molecule has 1 amide bonds. The minimum Gasteiger partial charge on any atom is -0.497 e. The average molecular weight is 341 g/mol. The number of ether oxygens (including phenoxy) is 2. The molecule has 132 valence electrons. The van der Waals surface area contributed by atoms with E-state index in [1.807, 2.05) is 24.3 Å². The number of aromatic nitrogens is 1. The second-order valence-corrected chi connectivity index (χ2v) is 6.01. The minimum atomic E-state index is -0.0719. The minimum absolute atomic E-state index is 0.0522. The standard InChI is InChI=1S/C19H23N3O3/c1-24-15-5-4-6-16(11-15)25-18-9-8-14(12-21-18)13-22-19(23)17-7-2-3-10-20-17/h4-6,8-9,11-12,17,20H,2-3,7,10,13H2,1H3,(H,22,23). The highest BCUT2D eigenvalue weighted by Gasteiger charge is 2.19. The lowest BCUT2D eigenvalue weighted by molar-refractivity contribution is -0.123. The zero-order valence-corrected chi connectivity index (χ0v) is 14.3. The van der Waals surface area contributed by atoms with Crippen molar-refractivity contribution in [3.63, 3.8) is 0 Å². The molecule has 1 aromatic carbocycles. The second kappa shape index (κ2) is 8.48. The van der Waals surface area contributed by atoms with Crippen molar-refractivity contribution in [3.05, 3.63) is 48.2 Å². The second-order valence-electron chi connectivity index (χ2n) is 6.01. The molecule has 0 radical (unpaired) electrons. The molecule has 0 saturated carbocycles. The molecule has 1 aliphatic rings. The number of piperidine rings is 1. The predicted octanol–water partition coefficient (Wildman–Crippen LogP) is 2.64. The monoisotopic (exact) mass is 341 g/mol. The Hall–Kier alpha value is -2.60. The van der Waals surface area contributed by atoms with Crippen molar-refractivity contribution < 1.29 is 14.3 Å². The summed E-state index contributed by atoms with van der Waals surface area (Å²) in [4.78, 5) is 16.4. The molecule has 6 heteroatoms. The number of rotatable bonds is 6. The molecule has 1 aromatic heterocycles. The van der Waals surface area contributed by atoms with E-state index in [2.05, 4.69) is 15.6 Å². The van der Waals surface area contributed by atoms with E-state index < -0.39 is 0 Å².